The summed E-state index contributed by atoms with van der Waals surface area (Å²) in [6.45, 7) is 1.40. The average molecular weight is 209 g/mol. The first-order chi connectivity index (χ1) is 7.00. The molecule has 0 unspecified atom stereocenters. The van der Waals surface area contributed by atoms with Crippen LogP contribution in [-0.4, -0.2) is 28.6 Å². The number of hydrogen-bond acceptors (Lipinski definition) is 3. The summed E-state index contributed by atoms with van der Waals surface area (Å²) in [5.74, 6) is -0.224. The third kappa shape index (κ3) is 2.98. The highest BCUT2D eigenvalue weighted by Crippen LogP contribution is 2.16. The van der Waals surface area contributed by atoms with E-state index in [2.05, 4.69) is 0 Å². The number of carbonyl (C=O) groups is 2. The average Bonchev–Trinajstić information content (AvgIpc) is 2.18. The molecule has 0 spiro atoms. The van der Waals surface area contributed by atoms with Crippen molar-refractivity contribution < 1.29 is 19.8 Å². The van der Waals surface area contributed by atoms with Crippen LogP contribution in [0.1, 0.15) is 15.9 Å². The number of Topliss-reactive ketones (excluding diaryl/α,β-unsaturated/α-hetero) is 1. The molecule has 0 saturated carbocycles. The van der Waals surface area contributed by atoms with Gasteiger partial charge in [-0.1, -0.05) is 0 Å². The SMILES string of the molecule is Cc1cc(C(=O)CNC(=O)O)ccc1O. The van der Waals surface area contributed by atoms with E-state index in [1.54, 1.807) is 6.92 Å². The van der Waals surface area contributed by atoms with Gasteiger partial charge in [-0.3, -0.25) is 4.79 Å². The number of benzene rings is 1. The van der Waals surface area contributed by atoms with Crippen LogP contribution in [0.15, 0.2) is 18.2 Å². The highest BCUT2D eigenvalue weighted by molar-refractivity contribution is 5.99. The number of phenolic OH excluding ortho intramolecular Hbond substituents is 1. The molecular weight excluding hydrogens is 198 g/mol. The van der Waals surface area contributed by atoms with Gasteiger partial charge in [0.05, 0.1) is 6.54 Å². The third-order valence-corrected chi connectivity index (χ3v) is 1.92. The van der Waals surface area contributed by atoms with Crippen LogP contribution in [0.3, 0.4) is 0 Å². The molecule has 0 heterocycles. The third-order valence-electron chi connectivity index (χ3n) is 1.92. The van der Waals surface area contributed by atoms with Crippen molar-refractivity contribution in [1.29, 1.82) is 0 Å². The smallest absolute Gasteiger partial charge is 0.405 e. The summed E-state index contributed by atoms with van der Waals surface area (Å²) >= 11 is 0. The number of nitrogens with one attached hydrogen (secondary N) is 1. The van der Waals surface area contributed by atoms with E-state index in [0.29, 0.717) is 11.1 Å². The summed E-state index contributed by atoms with van der Waals surface area (Å²) in [6, 6.07) is 4.37. The van der Waals surface area contributed by atoms with Crippen molar-refractivity contribution in [2.45, 2.75) is 6.92 Å². The minimum Gasteiger partial charge on any atom is -0.508 e. The van der Waals surface area contributed by atoms with E-state index >= 15 is 0 Å². The molecule has 1 aromatic rings. The lowest BCUT2D eigenvalue weighted by Gasteiger charge is -2.03. The van der Waals surface area contributed by atoms with Gasteiger partial charge in [-0.2, -0.15) is 0 Å². The topological polar surface area (TPSA) is 86.6 Å². The van der Waals surface area contributed by atoms with Gasteiger partial charge in [0.15, 0.2) is 5.78 Å². The van der Waals surface area contributed by atoms with Gasteiger partial charge >= 0.3 is 6.09 Å². The second-order valence-corrected chi connectivity index (χ2v) is 3.08. The number of carbonyl (C=O) groups excluding carboxylic acids is 1. The lowest BCUT2D eigenvalue weighted by Crippen LogP contribution is -2.27. The summed E-state index contributed by atoms with van der Waals surface area (Å²) in [6.07, 6.45) is -1.24. The van der Waals surface area contributed by atoms with Crippen LogP contribution in [0.5, 0.6) is 5.75 Å². The largest absolute Gasteiger partial charge is 0.508 e. The number of phenols is 1. The Balaban J connectivity index is 2.74. The standard InChI is InChI=1S/C10H11NO4/c1-6-4-7(2-3-8(6)12)9(13)5-11-10(14)15/h2-4,11-12H,5H2,1H3,(H,14,15). The summed E-state index contributed by atoms with van der Waals surface area (Å²) < 4.78 is 0. The Morgan fingerprint density at radius 1 is 1.40 bits per heavy atom. The van der Waals surface area contributed by atoms with Gasteiger partial charge in [-0.05, 0) is 30.7 Å². The molecular formula is C10H11NO4. The van der Waals surface area contributed by atoms with Gasteiger partial charge in [0.1, 0.15) is 5.75 Å². The minimum atomic E-state index is -1.24. The molecule has 0 atom stereocenters. The Morgan fingerprint density at radius 2 is 2.07 bits per heavy atom. The van der Waals surface area contributed by atoms with Crippen LogP contribution in [0, 0.1) is 6.92 Å². The van der Waals surface area contributed by atoms with Crippen molar-refractivity contribution in [3.8, 4) is 5.75 Å². The van der Waals surface area contributed by atoms with Crippen LogP contribution >= 0.6 is 0 Å². The molecule has 0 saturated heterocycles. The molecule has 80 valence electrons. The van der Waals surface area contributed by atoms with Crippen molar-refractivity contribution >= 4 is 11.9 Å². The molecule has 0 aromatic heterocycles. The van der Waals surface area contributed by atoms with Crippen LogP contribution < -0.4 is 5.32 Å². The Kier molecular flexibility index (Phi) is 3.28. The maximum atomic E-state index is 11.4. The molecule has 5 heteroatoms. The fraction of sp³-hybridized carbons (Fsp3) is 0.200. The highest BCUT2D eigenvalue weighted by Gasteiger charge is 2.08. The lowest BCUT2D eigenvalue weighted by molar-refractivity contribution is 0.0987. The van der Waals surface area contributed by atoms with Crippen LogP contribution in [0.4, 0.5) is 4.79 Å². The zero-order valence-corrected chi connectivity index (χ0v) is 8.15. The van der Waals surface area contributed by atoms with Crippen molar-refractivity contribution in [2.75, 3.05) is 6.54 Å². The second-order valence-electron chi connectivity index (χ2n) is 3.08. The lowest BCUT2D eigenvalue weighted by atomic mass is 10.1. The van der Waals surface area contributed by atoms with E-state index in [9.17, 15) is 14.7 Å². The van der Waals surface area contributed by atoms with Gasteiger partial charge in [0.2, 0.25) is 0 Å². The van der Waals surface area contributed by atoms with E-state index in [1.807, 2.05) is 5.32 Å². The van der Waals surface area contributed by atoms with E-state index < -0.39 is 6.09 Å². The molecule has 1 rings (SSSR count). The molecule has 3 N–H and O–H groups in total. The predicted octanol–water partition coefficient (Wildman–Crippen LogP) is 1.15. The van der Waals surface area contributed by atoms with Crippen LogP contribution in [-0.2, 0) is 0 Å². The fourth-order valence-corrected chi connectivity index (χ4v) is 1.09. The minimum absolute atomic E-state index is 0.109. The molecule has 1 amide bonds. The van der Waals surface area contributed by atoms with E-state index in [0.717, 1.165) is 0 Å². The number of hydrogen-bond donors (Lipinski definition) is 3. The van der Waals surface area contributed by atoms with Gasteiger partial charge in [0, 0.05) is 5.56 Å². The number of aryl methyl sites for hydroxylation is 1. The summed E-state index contributed by atoms with van der Waals surface area (Å²) in [4.78, 5) is 21.6. The normalized spacial score (nSPS) is 9.67. The summed E-state index contributed by atoms with van der Waals surface area (Å²) in [5.41, 5.74) is 0.954. The van der Waals surface area contributed by atoms with Gasteiger partial charge in [-0.25, -0.2) is 4.79 Å². The van der Waals surface area contributed by atoms with Gasteiger partial charge in [0.25, 0.3) is 0 Å². The van der Waals surface area contributed by atoms with Crippen LogP contribution in [0.25, 0.3) is 0 Å². The zero-order valence-electron chi connectivity index (χ0n) is 8.15. The Labute approximate surface area is 86.4 Å². The first-order valence-corrected chi connectivity index (χ1v) is 4.30. The number of carboxylic acid groups (broad SMARTS) is 1. The molecule has 5 nitrogen and oxygen atoms in total. The number of rotatable bonds is 3. The van der Waals surface area contributed by atoms with Crippen molar-refractivity contribution in [3.63, 3.8) is 0 Å². The summed E-state index contributed by atoms with van der Waals surface area (Å²) in [5, 5.41) is 19.5. The van der Waals surface area contributed by atoms with Gasteiger partial charge < -0.3 is 15.5 Å². The summed E-state index contributed by atoms with van der Waals surface area (Å²) in [7, 11) is 0. The van der Waals surface area contributed by atoms with Gasteiger partial charge in [-0.15, -0.1) is 0 Å². The monoisotopic (exact) mass is 209 g/mol. The van der Waals surface area contributed by atoms with Crippen molar-refractivity contribution in [2.24, 2.45) is 0 Å². The highest BCUT2D eigenvalue weighted by atomic mass is 16.4. The van der Waals surface area contributed by atoms with Crippen molar-refractivity contribution in [3.05, 3.63) is 29.3 Å². The Hall–Kier alpha value is -2.04. The molecule has 0 radical (unpaired) electrons. The molecule has 15 heavy (non-hydrogen) atoms. The van der Waals surface area contributed by atoms with Crippen molar-refractivity contribution in [1.82, 2.24) is 5.32 Å². The first-order valence-electron chi connectivity index (χ1n) is 4.30. The van der Waals surface area contributed by atoms with E-state index in [1.165, 1.54) is 18.2 Å². The molecule has 1 aromatic carbocycles. The maximum Gasteiger partial charge on any atom is 0.405 e. The fourth-order valence-electron chi connectivity index (χ4n) is 1.09. The first kappa shape index (κ1) is 11.0. The molecule has 0 fully saturated rings. The number of ketones is 1. The zero-order chi connectivity index (χ0) is 11.4. The second kappa shape index (κ2) is 4.45. The maximum absolute atomic E-state index is 11.4. The molecule has 0 aliphatic heterocycles. The molecule has 0 aliphatic carbocycles. The quantitative estimate of drug-likeness (QED) is 0.652. The van der Waals surface area contributed by atoms with E-state index in [-0.39, 0.29) is 18.1 Å². The predicted molar refractivity (Wildman–Crippen MR) is 53.2 cm³/mol. The molecule has 0 aliphatic rings. The van der Waals surface area contributed by atoms with Crippen LogP contribution in [0.2, 0.25) is 0 Å². The van der Waals surface area contributed by atoms with E-state index in [4.69, 9.17) is 5.11 Å². The Morgan fingerprint density at radius 3 is 2.60 bits per heavy atom. The number of aromatic hydroxyl groups is 1. The molecule has 0 bridgehead atoms. The Bertz CT molecular complexity index is 400. The number of amides is 1.